The van der Waals surface area contributed by atoms with Crippen molar-refractivity contribution in [1.82, 2.24) is 0 Å². The van der Waals surface area contributed by atoms with Gasteiger partial charge in [-0.25, -0.2) is 0 Å². The first-order valence-corrected chi connectivity index (χ1v) is 8.18. The average Bonchev–Trinajstić information content (AvgIpc) is 2.56. The molecule has 1 fully saturated rings. The van der Waals surface area contributed by atoms with E-state index in [2.05, 4.69) is 31.2 Å². The number of ether oxygens (including phenoxy) is 1. The topological polar surface area (TPSA) is 33.0 Å². The third-order valence-electron chi connectivity index (χ3n) is 4.26. The van der Waals surface area contributed by atoms with Crippen molar-refractivity contribution in [1.29, 1.82) is 5.26 Å². The number of hydrogen-bond donors (Lipinski definition) is 0. The van der Waals surface area contributed by atoms with Crippen LogP contribution in [-0.4, -0.2) is 6.10 Å². The second-order valence-corrected chi connectivity index (χ2v) is 6.04. The Morgan fingerprint density at radius 2 is 1.86 bits per heavy atom. The van der Waals surface area contributed by atoms with Gasteiger partial charge in [0.15, 0.2) is 5.83 Å². The van der Waals surface area contributed by atoms with Crippen molar-refractivity contribution < 1.29 is 9.13 Å². The van der Waals surface area contributed by atoms with E-state index in [1.54, 1.807) is 6.07 Å². The summed E-state index contributed by atoms with van der Waals surface area (Å²) in [7, 11) is 0. The van der Waals surface area contributed by atoms with Gasteiger partial charge in [-0.3, -0.25) is 0 Å². The molecule has 0 bridgehead atoms. The van der Waals surface area contributed by atoms with E-state index in [9.17, 15) is 4.39 Å². The van der Waals surface area contributed by atoms with Crippen molar-refractivity contribution in [2.75, 3.05) is 0 Å². The molecule has 2 nitrogen and oxygen atoms in total. The van der Waals surface area contributed by atoms with Crippen LogP contribution in [0.4, 0.5) is 4.39 Å². The van der Waals surface area contributed by atoms with Crippen LogP contribution in [0.3, 0.4) is 0 Å². The van der Waals surface area contributed by atoms with Crippen molar-refractivity contribution in [3.8, 4) is 6.07 Å². The molecule has 1 aliphatic carbocycles. The van der Waals surface area contributed by atoms with Gasteiger partial charge in [0, 0.05) is 0 Å². The zero-order valence-electron chi connectivity index (χ0n) is 13.2. The Kier molecular flexibility index (Phi) is 6.61. The summed E-state index contributed by atoms with van der Waals surface area (Å²) < 4.78 is 18.9. The van der Waals surface area contributed by atoms with E-state index in [1.165, 1.54) is 23.6 Å². The third kappa shape index (κ3) is 5.27. The molecule has 2 rings (SSSR count). The van der Waals surface area contributed by atoms with Gasteiger partial charge in [0.2, 0.25) is 0 Å². The van der Waals surface area contributed by atoms with E-state index in [0.717, 1.165) is 32.1 Å². The zero-order chi connectivity index (χ0) is 15.8. The fourth-order valence-corrected chi connectivity index (χ4v) is 2.97. The number of hydrogen-bond acceptors (Lipinski definition) is 2. The second-order valence-electron chi connectivity index (χ2n) is 6.04. The zero-order valence-corrected chi connectivity index (χ0v) is 13.2. The quantitative estimate of drug-likeness (QED) is 0.685. The molecule has 1 aliphatic rings. The summed E-state index contributed by atoms with van der Waals surface area (Å²) in [4.78, 5) is 0. The van der Waals surface area contributed by atoms with E-state index in [0.29, 0.717) is 6.61 Å². The van der Waals surface area contributed by atoms with E-state index in [-0.39, 0.29) is 12.0 Å². The molecule has 0 amide bonds. The summed E-state index contributed by atoms with van der Waals surface area (Å²) in [5, 5.41) is 8.46. The molecular formula is C19H24FNO. The first kappa shape index (κ1) is 16.7. The van der Waals surface area contributed by atoms with Crippen LogP contribution in [0.15, 0.2) is 36.2 Å². The smallest absolute Gasteiger partial charge is 0.196 e. The van der Waals surface area contributed by atoms with Gasteiger partial charge in [-0.1, -0.05) is 37.6 Å². The number of halogens is 1. The minimum absolute atomic E-state index is 0.188. The van der Waals surface area contributed by atoms with Crippen molar-refractivity contribution >= 4 is 0 Å². The molecule has 0 radical (unpaired) electrons. The normalized spacial score (nSPS) is 22.3. The highest BCUT2D eigenvalue weighted by molar-refractivity contribution is 5.22. The summed E-state index contributed by atoms with van der Waals surface area (Å²) in [6.07, 6.45) is 7.68. The highest BCUT2D eigenvalue weighted by atomic mass is 19.1. The Bertz CT molecular complexity index is 521. The molecule has 0 heterocycles. The maximum atomic E-state index is 12.9. The van der Waals surface area contributed by atoms with Crippen LogP contribution in [0, 0.1) is 17.2 Å². The van der Waals surface area contributed by atoms with Crippen LogP contribution in [-0.2, 0) is 17.8 Å². The van der Waals surface area contributed by atoms with Crippen LogP contribution < -0.4 is 0 Å². The van der Waals surface area contributed by atoms with Crippen LogP contribution >= 0.6 is 0 Å². The fraction of sp³-hybridized carbons (Fsp3) is 0.526. The molecule has 1 saturated carbocycles. The van der Waals surface area contributed by atoms with Gasteiger partial charge in [0.1, 0.15) is 6.07 Å². The van der Waals surface area contributed by atoms with Gasteiger partial charge in [-0.2, -0.15) is 9.65 Å². The molecule has 0 saturated heterocycles. The Morgan fingerprint density at radius 3 is 2.45 bits per heavy atom. The molecule has 118 valence electrons. The highest BCUT2D eigenvalue weighted by Crippen LogP contribution is 2.28. The highest BCUT2D eigenvalue weighted by Gasteiger charge is 2.20. The van der Waals surface area contributed by atoms with Gasteiger partial charge in [0.25, 0.3) is 0 Å². The van der Waals surface area contributed by atoms with Crippen LogP contribution in [0.1, 0.15) is 50.2 Å². The van der Waals surface area contributed by atoms with Gasteiger partial charge >= 0.3 is 0 Å². The Balaban J connectivity index is 1.74. The van der Waals surface area contributed by atoms with Gasteiger partial charge < -0.3 is 4.74 Å². The molecule has 0 spiro atoms. The van der Waals surface area contributed by atoms with Crippen LogP contribution in [0.5, 0.6) is 0 Å². The lowest BCUT2D eigenvalue weighted by molar-refractivity contribution is 0.0109. The average molecular weight is 301 g/mol. The van der Waals surface area contributed by atoms with Crippen LogP contribution in [0.2, 0.25) is 0 Å². The minimum Gasteiger partial charge on any atom is -0.374 e. The van der Waals surface area contributed by atoms with E-state index in [4.69, 9.17) is 10.00 Å². The summed E-state index contributed by atoms with van der Waals surface area (Å²) in [6, 6.07) is 10.2. The maximum Gasteiger partial charge on any atom is 0.196 e. The second kappa shape index (κ2) is 8.70. The Morgan fingerprint density at radius 1 is 1.23 bits per heavy atom. The summed E-state index contributed by atoms with van der Waals surface area (Å²) in [5.41, 5.74) is 2.58. The molecule has 3 heteroatoms. The number of nitriles is 1. The maximum absolute atomic E-state index is 12.9. The van der Waals surface area contributed by atoms with Crippen molar-refractivity contribution in [2.45, 2.75) is 58.2 Å². The first-order valence-electron chi connectivity index (χ1n) is 8.18. The Labute approximate surface area is 132 Å². The predicted molar refractivity (Wildman–Crippen MR) is 85.8 cm³/mol. The largest absolute Gasteiger partial charge is 0.374 e. The molecule has 22 heavy (non-hydrogen) atoms. The lowest BCUT2D eigenvalue weighted by Crippen LogP contribution is -2.20. The van der Waals surface area contributed by atoms with Gasteiger partial charge in [-0.05, 0) is 55.2 Å². The Hall–Kier alpha value is -1.66. The summed E-state index contributed by atoms with van der Waals surface area (Å²) >= 11 is 0. The van der Waals surface area contributed by atoms with Crippen LogP contribution in [0.25, 0.3) is 0 Å². The van der Waals surface area contributed by atoms with Gasteiger partial charge in [-0.15, -0.1) is 0 Å². The van der Waals surface area contributed by atoms with Crippen molar-refractivity contribution in [2.24, 2.45) is 5.92 Å². The standard InChI is InChI=1S/C19H24FNO/c1-2-3-15-4-6-17(7-5-15)14-22-19-10-8-16(9-11-19)12-18(20)13-21/h4-7,12,16,19H,2-3,8-11,14H2,1H3/b18-12+/t16-,19-. The SMILES string of the molecule is CCCc1ccc(CO[C@H]2CC[C@H](/C=C(/F)C#N)CC2)cc1. The lowest BCUT2D eigenvalue weighted by Gasteiger charge is -2.26. The lowest BCUT2D eigenvalue weighted by atomic mass is 9.87. The fourth-order valence-electron chi connectivity index (χ4n) is 2.97. The molecule has 0 atom stereocenters. The number of nitrogens with zero attached hydrogens (tertiary/aromatic N) is 1. The van der Waals surface area contributed by atoms with Gasteiger partial charge in [0.05, 0.1) is 12.7 Å². The van der Waals surface area contributed by atoms with E-state index < -0.39 is 5.83 Å². The number of aryl methyl sites for hydroxylation is 1. The molecule has 0 aliphatic heterocycles. The monoisotopic (exact) mass is 301 g/mol. The molecular weight excluding hydrogens is 277 g/mol. The van der Waals surface area contributed by atoms with E-state index in [1.807, 2.05) is 0 Å². The number of rotatable bonds is 6. The minimum atomic E-state index is -0.656. The number of benzene rings is 1. The molecule has 1 aromatic rings. The first-order chi connectivity index (χ1) is 10.7. The van der Waals surface area contributed by atoms with Crippen molar-refractivity contribution in [3.05, 3.63) is 47.3 Å². The molecule has 0 unspecified atom stereocenters. The van der Waals surface area contributed by atoms with E-state index >= 15 is 0 Å². The summed E-state index contributed by atoms with van der Waals surface area (Å²) in [5.74, 6) is -0.468. The number of allylic oxidation sites excluding steroid dienone is 2. The van der Waals surface area contributed by atoms with Crippen molar-refractivity contribution in [3.63, 3.8) is 0 Å². The summed E-state index contributed by atoms with van der Waals surface area (Å²) in [6.45, 7) is 2.83. The molecule has 0 aromatic heterocycles. The molecule has 0 N–H and O–H groups in total. The molecule has 1 aromatic carbocycles. The third-order valence-corrected chi connectivity index (χ3v) is 4.26. The predicted octanol–water partition coefficient (Wildman–Crippen LogP) is 5.09.